The molecule has 1 unspecified atom stereocenters. The number of likely N-dealkylation sites (tertiary alicyclic amines) is 1. The summed E-state index contributed by atoms with van der Waals surface area (Å²) in [6.45, 7) is 4.92. The van der Waals surface area contributed by atoms with E-state index in [0.29, 0.717) is 30.8 Å². The van der Waals surface area contributed by atoms with E-state index in [0.717, 1.165) is 5.56 Å². The highest BCUT2D eigenvalue weighted by atomic mass is 16.5. The van der Waals surface area contributed by atoms with Crippen LogP contribution in [0.25, 0.3) is 5.76 Å². The van der Waals surface area contributed by atoms with Gasteiger partial charge in [-0.05, 0) is 45.6 Å². The SMILES string of the molecule is CCOc1cc(C2/C(=C(/O)c3ccc(C)cc3)C(=O)C(=O)N2CCN(C)C)ccc1O. The summed E-state index contributed by atoms with van der Waals surface area (Å²) in [5.74, 6) is -1.39. The topological polar surface area (TPSA) is 90.3 Å². The van der Waals surface area contributed by atoms with E-state index in [-0.39, 0.29) is 22.8 Å². The lowest BCUT2D eigenvalue weighted by molar-refractivity contribution is -0.140. The molecular formula is C24H28N2O5. The number of rotatable bonds is 7. The number of hydrogen-bond donors (Lipinski definition) is 2. The number of aliphatic hydroxyl groups is 1. The molecule has 0 radical (unpaired) electrons. The van der Waals surface area contributed by atoms with Crippen molar-refractivity contribution in [1.82, 2.24) is 9.80 Å². The van der Waals surface area contributed by atoms with Crippen LogP contribution in [0.15, 0.2) is 48.0 Å². The number of phenols is 1. The second kappa shape index (κ2) is 9.22. The number of amides is 1. The third kappa shape index (κ3) is 4.56. The monoisotopic (exact) mass is 424 g/mol. The first-order valence-corrected chi connectivity index (χ1v) is 10.2. The summed E-state index contributed by atoms with van der Waals surface area (Å²) in [5, 5.41) is 21.1. The van der Waals surface area contributed by atoms with Crippen molar-refractivity contribution in [1.29, 1.82) is 0 Å². The number of benzene rings is 2. The van der Waals surface area contributed by atoms with Crippen LogP contribution in [0, 0.1) is 6.92 Å². The minimum atomic E-state index is -0.791. The molecule has 2 N–H and O–H groups in total. The molecule has 164 valence electrons. The number of phenolic OH excluding ortho intramolecular Hbond substituents is 1. The van der Waals surface area contributed by atoms with Crippen LogP contribution < -0.4 is 4.74 Å². The Labute approximate surface area is 182 Å². The molecule has 7 heteroatoms. The van der Waals surface area contributed by atoms with Gasteiger partial charge in [-0.3, -0.25) is 9.59 Å². The molecule has 0 bridgehead atoms. The molecule has 0 saturated carbocycles. The lowest BCUT2D eigenvalue weighted by atomic mass is 9.94. The lowest BCUT2D eigenvalue weighted by Crippen LogP contribution is -2.35. The minimum Gasteiger partial charge on any atom is -0.507 e. The van der Waals surface area contributed by atoms with Crippen LogP contribution in [0.4, 0.5) is 0 Å². The smallest absolute Gasteiger partial charge is 0.295 e. The number of carbonyl (C=O) groups is 2. The summed E-state index contributed by atoms with van der Waals surface area (Å²) in [5.41, 5.74) is 2.08. The maximum absolute atomic E-state index is 13.0. The van der Waals surface area contributed by atoms with Crippen LogP contribution in [0.2, 0.25) is 0 Å². The summed E-state index contributed by atoms with van der Waals surface area (Å²) in [6, 6.07) is 11.0. The number of likely N-dealkylation sites (N-methyl/N-ethyl adjacent to an activating group) is 1. The average molecular weight is 424 g/mol. The predicted molar refractivity (Wildman–Crippen MR) is 118 cm³/mol. The van der Waals surface area contributed by atoms with Crippen molar-refractivity contribution >= 4 is 17.4 Å². The molecule has 0 aromatic heterocycles. The fourth-order valence-electron chi connectivity index (χ4n) is 3.60. The fraction of sp³-hybridized carbons (Fsp3) is 0.333. The van der Waals surface area contributed by atoms with Gasteiger partial charge in [0.1, 0.15) is 5.76 Å². The Morgan fingerprint density at radius 3 is 2.42 bits per heavy atom. The highest BCUT2D eigenvalue weighted by Crippen LogP contribution is 2.41. The fourth-order valence-corrected chi connectivity index (χ4v) is 3.60. The Balaban J connectivity index is 2.17. The molecule has 3 rings (SSSR count). The van der Waals surface area contributed by atoms with Gasteiger partial charge in [0.05, 0.1) is 18.2 Å². The zero-order chi connectivity index (χ0) is 22.7. The molecule has 1 aliphatic rings. The standard InChI is InChI=1S/C24H28N2O5/c1-5-31-19-14-17(10-11-18(19)27)21-20(22(28)16-8-6-15(2)7-9-16)23(29)24(30)26(21)13-12-25(3)4/h6-11,14,21,27-28H,5,12-13H2,1-4H3/b22-20-. The molecule has 0 aliphatic carbocycles. The van der Waals surface area contributed by atoms with Crippen LogP contribution in [-0.2, 0) is 9.59 Å². The molecule has 0 spiro atoms. The zero-order valence-electron chi connectivity index (χ0n) is 18.3. The van der Waals surface area contributed by atoms with E-state index in [4.69, 9.17) is 4.74 Å². The summed E-state index contributed by atoms with van der Waals surface area (Å²) in [6.07, 6.45) is 0. The predicted octanol–water partition coefficient (Wildman–Crippen LogP) is 3.08. The molecule has 1 aliphatic heterocycles. The number of hydrogen-bond acceptors (Lipinski definition) is 6. The second-order valence-electron chi connectivity index (χ2n) is 7.82. The van der Waals surface area contributed by atoms with Gasteiger partial charge in [0, 0.05) is 18.7 Å². The Hall–Kier alpha value is -3.32. The second-order valence-corrected chi connectivity index (χ2v) is 7.82. The Morgan fingerprint density at radius 2 is 1.81 bits per heavy atom. The molecule has 2 aromatic carbocycles. The maximum Gasteiger partial charge on any atom is 0.295 e. The Kier molecular flexibility index (Phi) is 6.65. The van der Waals surface area contributed by atoms with Crippen molar-refractivity contribution in [2.24, 2.45) is 0 Å². The minimum absolute atomic E-state index is 0.0285. The van der Waals surface area contributed by atoms with E-state index >= 15 is 0 Å². The third-order valence-electron chi connectivity index (χ3n) is 5.25. The first-order chi connectivity index (χ1) is 14.7. The Bertz CT molecular complexity index is 1010. The van der Waals surface area contributed by atoms with Crippen LogP contribution >= 0.6 is 0 Å². The number of carbonyl (C=O) groups excluding carboxylic acids is 2. The summed E-state index contributed by atoms with van der Waals surface area (Å²) in [7, 11) is 3.76. The highest BCUT2D eigenvalue weighted by molar-refractivity contribution is 6.46. The van der Waals surface area contributed by atoms with Crippen LogP contribution in [0.3, 0.4) is 0 Å². The zero-order valence-corrected chi connectivity index (χ0v) is 18.3. The number of aromatic hydroxyl groups is 1. The third-order valence-corrected chi connectivity index (χ3v) is 5.25. The molecular weight excluding hydrogens is 396 g/mol. The van der Waals surface area contributed by atoms with E-state index in [1.165, 1.54) is 11.0 Å². The average Bonchev–Trinajstić information content (AvgIpc) is 2.98. The summed E-state index contributed by atoms with van der Waals surface area (Å²) in [4.78, 5) is 29.3. The number of ether oxygens (including phenoxy) is 1. The van der Waals surface area contributed by atoms with Crippen molar-refractivity contribution in [3.05, 3.63) is 64.7 Å². The van der Waals surface area contributed by atoms with Gasteiger partial charge in [0.2, 0.25) is 0 Å². The highest BCUT2D eigenvalue weighted by Gasteiger charge is 2.46. The number of nitrogens with zero attached hydrogens (tertiary/aromatic N) is 2. The van der Waals surface area contributed by atoms with Crippen molar-refractivity contribution in [3.8, 4) is 11.5 Å². The summed E-state index contributed by atoms with van der Waals surface area (Å²) < 4.78 is 5.49. The van der Waals surface area contributed by atoms with E-state index in [9.17, 15) is 19.8 Å². The molecule has 1 amide bonds. The van der Waals surface area contributed by atoms with Gasteiger partial charge in [-0.15, -0.1) is 0 Å². The van der Waals surface area contributed by atoms with E-state index in [1.54, 1.807) is 31.2 Å². The normalized spacial score (nSPS) is 18.1. The van der Waals surface area contributed by atoms with Gasteiger partial charge < -0.3 is 24.7 Å². The number of aliphatic hydroxyl groups excluding tert-OH is 1. The molecule has 31 heavy (non-hydrogen) atoms. The van der Waals surface area contributed by atoms with Crippen LogP contribution in [0.5, 0.6) is 11.5 Å². The lowest BCUT2D eigenvalue weighted by Gasteiger charge is -2.27. The molecule has 2 aromatic rings. The van der Waals surface area contributed by atoms with Crippen molar-refractivity contribution in [2.75, 3.05) is 33.8 Å². The van der Waals surface area contributed by atoms with Gasteiger partial charge in [-0.25, -0.2) is 0 Å². The molecule has 1 saturated heterocycles. The molecule has 1 fully saturated rings. The van der Waals surface area contributed by atoms with E-state index in [1.807, 2.05) is 38.1 Å². The maximum atomic E-state index is 13.0. The van der Waals surface area contributed by atoms with Crippen molar-refractivity contribution in [2.45, 2.75) is 19.9 Å². The molecule has 1 heterocycles. The summed E-state index contributed by atoms with van der Waals surface area (Å²) >= 11 is 0. The number of aryl methyl sites for hydroxylation is 1. The van der Waals surface area contributed by atoms with Crippen LogP contribution in [-0.4, -0.2) is 65.5 Å². The van der Waals surface area contributed by atoms with E-state index < -0.39 is 17.7 Å². The first-order valence-electron chi connectivity index (χ1n) is 10.2. The molecule has 7 nitrogen and oxygen atoms in total. The van der Waals surface area contributed by atoms with Gasteiger partial charge >= 0.3 is 0 Å². The van der Waals surface area contributed by atoms with Gasteiger partial charge in [-0.2, -0.15) is 0 Å². The van der Waals surface area contributed by atoms with Gasteiger partial charge in [0.15, 0.2) is 11.5 Å². The first kappa shape index (κ1) is 22.4. The van der Waals surface area contributed by atoms with E-state index in [2.05, 4.69) is 0 Å². The Morgan fingerprint density at radius 1 is 1.13 bits per heavy atom. The van der Waals surface area contributed by atoms with Gasteiger partial charge in [-0.1, -0.05) is 35.9 Å². The number of Topliss-reactive ketones (excluding diaryl/α,β-unsaturated/α-hetero) is 1. The van der Waals surface area contributed by atoms with Gasteiger partial charge in [0.25, 0.3) is 11.7 Å². The number of ketones is 1. The van der Waals surface area contributed by atoms with Crippen molar-refractivity contribution in [3.63, 3.8) is 0 Å². The quantitative estimate of drug-likeness (QED) is 0.403. The van der Waals surface area contributed by atoms with Crippen LogP contribution in [0.1, 0.15) is 29.7 Å². The largest absolute Gasteiger partial charge is 0.507 e. The molecule has 1 atom stereocenters. The van der Waals surface area contributed by atoms with Crippen molar-refractivity contribution < 1.29 is 24.5 Å².